The lowest BCUT2D eigenvalue weighted by Crippen LogP contribution is -2.46. The molecule has 9 nitrogen and oxygen atoms in total. The Morgan fingerprint density at radius 3 is 2.70 bits per heavy atom. The van der Waals surface area contributed by atoms with Crippen LogP contribution in [0.2, 0.25) is 0 Å². The van der Waals surface area contributed by atoms with E-state index in [9.17, 15) is 0 Å². The second-order valence-electron chi connectivity index (χ2n) is 9.16. The van der Waals surface area contributed by atoms with Crippen molar-refractivity contribution in [2.45, 2.75) is 37.8 Å². The van der Waals surface area contributed by atoms with E-state index in [4.69, 9.17) is 4.74 Å². The van der Waals surface area contributed by atoms with Gasteiger partial charge in [0.1, 0.15) is 17.8 Å². The lowest BCUT2D eigenvalue weighted by molar-refractivity contribution is 0.00791. The second-order valence-corrected chi connectivity index (χ2v) is 9.16. The predicted molar refractivity (Wildman–Crippen MR) is 130 cm³/mol. The Labute approximate surface area is 192 Å². The Bertz CT molecular complexity index is 1250. The number of hydrogen-bond donors (Lipinski definition) is 3. The van der Waals surface area contributed by atoms with Crippen LogP contribution in [0, 0.1) is 0 Å². The molecule has 172 valence electrons. The molecule has 4 aromatic rings. The van der Waals surface area contributed by atoms with Gasteiger partial charge >= 0.3 is 0 Å². The third-order valence-electron chi connectivity index (χ3n) is 6.98. The van der Waals surface area contributed by atoms with Crippen LogP contribution in [0.3, 0.4) is 0 Å². The fourth-order valence-corrected chi connectivity index (χ4v) is 5.28. The molecule has 0 unspecified atom stereocenters. The van der Waals surface area contributed by atoms with Crippen LogP contribution in [-0.4, -0.2) is 68.0 Å². The molecule has 4 heterocycles. The average Bonchev–Trinajstić information content (AvgIpc) is 3.43. The molecular weight excluding hydrogens is 416 g/mol. The number of rotatable bonds is 5. The van der Waals surface area contributed by atoms with E-state index in [0.29, 0.717) is 12.1 Å². The third-order valence-corrected chi connectivity index (χ3v) is 6.98. The van der Waals surface area contributed by atoms with Gasteiger partial charge in [-0.25, -0.2) is 9.97 Å². The van der Waals surface area contributed by atoms with E-state index in [1.807, 2.05) is 19.4 Å². The summed E-state index contributed by atoms with van der Waals surface area (Å²) in [6.07, 6.45) is 10.2. The molecule has 9 heteroatoms. The molecule has 33 heavy (non-hydrogen) atoms. The van der Waals surface area contributed by atoms with E-state index in [-0.39, 0.29) is 0 Å². The van der Waals surface area contributed by atoms with Crippen molar-refractivity contribution in [1.29, 1.82) is 0 Å². The number of ether oxygens (including phenoxy) is 1. The minimum Gasteiger partial charge on any atom is -0.379 e. The van der Waals surface area contributed by atoms with E-state index in [2.05, 4.69) is 53.8 Å². The Hall–Kier alpha value is -3.17. The lowest BCUT2D eigenvalue weighted by Gasteiger charge is -2.39. The lowest BCUT2D eigenvalue weighted by atomic mass is 9.90. The Balaban J connectivity index is 1.23. The van der Waals surface area contributed by atoms with Crippen LogP contribution in [0.25, 0.3) is 21.9 Å². The summed E-state index contributed by atoms with van der Waals surface area (Å²) in [5, 5.41) is 13.6. The fraction of sp³-hybridized carbons (Fsp3) is 0.458. The molecule has 0 radical (unpaired) electrons. The first-order chi connectivity index (χ1) is 16.2. The number of morpholine rings is 1. The first-order valence-corrected chi connectivity index (χ1v) is 11.8. The van der Waals surface area contributed by atoms with Gasteiger partial charge in [0.15, 0.2) is 0 Å². The molecule has 1 saturated heterocycles. The number of aryl methyl sites for hydroxylation is 1. The summed E-state index contributed by atoms with van der Waals surface area (Å²) in [5.41, 5.74) is 3.89. The van der Waals surface area contributed by atoms with Crippen molar-refractivity contribution in [3.8, 4) is 0 Å². The normalized spacial score (nSPS) is 22.1. The molecule has 0 bridgehead atoms. The SMILES string of the molecule is Cn1cc(Nc2ccc3[nH]c4ncnc(N[C@H]5CC[C@H](N6CCOCC6)CC5)c4c3c2)cn1. The molecule has 1 saturated carbocycles. The third kappa shape index (κ3) is 4.14. The Morgan fingerprint density at radius 1 is 1.06 bits per heavy atom. The molecule has 2 fully saturated rings. The molecule has 1 aromatic carbocycles. The maximum Gasteiger partial charge on any atom is 0.143 e. The quantitative estimate of drug-likeness (QED) is 0.431. The van der Waals surface area contributed by atoms with Gasteiger partial charge in [-0.1, -0.05) is 0 Å². The summed E-state index contributed by atoms with van der Waals surface area (Å²) in [5.74, 6) is 0.916. The molecule has 6 rings (SSSR count). The van der Waals surface area contributed by atoms with Gasteiger partial charge in [0.2, 0.25) is 0 Å². The van der Waals surface area contributed by atoms with Crippen molar-refractivity contribution >= 4 is 39.1 Å². The second kappa shape index (κ2) is 8.64. The molecule has 0 spiro atoms. The van der Waals surface area contributed by atoms with Gasteiger partial charge in [0.25, 0.3) is 0 Å². The van der Waals surface area contributed by atoms with Gasteiger partial charge < -0.3 is 20.4 Å². The number of H-pyrrole nitrogens is 1. The summed E-state index contributed by atoms with van der Waals surface area (Å²) in [6, 6.07) is 7.43. The van der Waals surface area contributed by atoms with Gasteiger partial charge in [-0.15, -0.1) is 0 Å². The number of hydrogen-bond acceptors (Lipinski definition) is 7. The molecule has 3 aromatic heterocycles. The summed E-state index contributed by atoms with van der Waals surface area (Å²) in [4.78, 5) is 15.2. The highest BCUT2D eigenvalue weighted by molar-refractivity contribution is 6.12. The van der Waals surface area contributed by atoms with Crippen LogP contribution in [0.1, 0.15) is 25.7 Å². The summed E-state index contributed by atoms with van der Waals surface area (Å²) in [6.45, 7) is 3.88. The number of aromatic nitrogens is 5. The first-order valence-electron chi connectivity index (χ1n) is 11.8. The van der Waals surface area contributed by atoms with Gasteiger partial charge in [-0.2, -0.15) is 5.10 Å². The maximum absolute atomic E-state index is 5.52. The molecule has 2 aliphatic rings. The zero-order valence-electron chi connectivity index (χ0n) is 18.9. The highest BCUT2D eigenvalue weighted by Crippen LogP contribution is 2.33. The zero-order valence-corrected chi connectivity index (χ0v) is 18.9. The fourth-order valence-electron chi connectivity index (χ4n) is 5.28. The van der Waals surface area contributed by atoms with Crippen LogP contribution in [0.15, 0.2) is 36.9 Å². The van der Waals surface area contributed by atoms with Crippen molar-refractivity contribution in [2.75, 3.05) is 36.9 Å². The van der Waals surface area contributed by atoms with Crippen LogP contribution >= 0.6 is 0 Å². The van der Waals surface area contributed by atoms with E-state index in [1.54, 1.807) is 11.0 Å². The largest absolute Gasteiger partial charge is 0.379 e. The van der Waals surface area contributed by atoms with Gasteiger partial charge in [-0.3, -0.25) is 9.58 Å². The number of nitrogens with zero attached hydrogens (tertiary/aromatic N) is 5. The monoisotopic (exact) mass is 446 g/mol. The Kier molecular flexibility index (Phi) is 5.35. The molecule has 0 amide bonds. The van der Waals surface area contributed by atoms with E-state index >= 15 is 0 Å². The molecular formula is C24H30N8O. The standard InChI is InChI=1S/C24H30N8O/c1-31-14-18(13-27-31)28-17-4-7-21-20(12-17)22-23(25-15-26-24(22)30-21)29-16-2-5-19(6-3-16)32-8-10-33-11-9-32/h4,7,12-16,19,28H,2-3,5-6,8-11H2,1H3,(H2,25,26,29,30)/t16-,19-. The summed E-state index contributed by atoms with van der Waals surface area (Å²) in [7, 11) is 1.91. The summed E-state index contributed by atoms with van der Waals surface area (Å²) < 4.78 is 7.31. The average molecular weight is 447 g/mol. The number of anilines is 3. The van der Waals surface area contributed by atoms with E-state index in [1.165, 1.54) is 12.8 Å². The predicted octanol–water partition coefficient (Wildman–Crippen LogP) is 3.64. The minimum absolute atomic E-state index is 0.432. The number of benzene rings is 1. The van der Waals surface area contributed by atoms with E-state index in [0.717, 1.165) is 78.3 Å². The van der Waals surface area contributed by atoms with Gasteiger partial charge in [0.05, 0.1) is 30.5 Å². The zero-order chi connectivity index (χ0) is 22.2. The van der Waals surface area contributed by atoms with Crippen LogP contribution in [-0.2, 0) is 11.8 Å². The Morgan fingerprint density at radius 2 is 1.91 bits per heavy atom. The van der Waals surface area contributed by atoms with Crippen LogP contribution in [0.5, 0.6) is 0 Å². The van der Waals surface area contributed by atoms with Crippen molar-refractivity contribution in [3.05, 3.63) is 36.9 Å². The van der Waals surface area contributed by atoms with Crippen molar-refractivity contribution in [2.24, 2.45) is 7.05 Å². The highest BCUT2D eigenvalue weighted by Gasteiger charge is 2.27. The first kappa shape index (κ1) is 20.4. The van der Waals surface area contributed by atoms with Crippen LogP contribution in [0.4, 0.5) is 17.2 Å². The number of nitrogens with one attached hydrogen (secondary N) is 3. The van der Waals surface area contributed by atoms with Crippen LogP contribution < -0.4 is 10.6 Å². The van der Waals surface area contributed by atoms with E-state index < -0.39 is 0 Å². The van der Waals surface area contributed by atoms with Crippen molar-refractivity contribution < 1.29 is 4.74 Å². The molecule has 0 atom stereocenters. The smallest absolute Gasteiger partial charge is 0.143 e. The van der Waals surface area contributed by atoms with Gasteiger partial charge in [-0.05, 0) is 43.9 Å². The topological polar surface area (TPSA) is 95.9 Å². The molecule has 1 aliphatic carbocycles. The maximum atomic E-state index is 5.52. The number of aromatic amines is 1. The molecule has 1 aliphatic heterocycles. The molecule has 3 N–H and O–H groups in total. The van der Waals surface area contributed by atoms with Crippen molar-refractivity contribution in [3.63, 3.8) is 0 Å². The minimum atomic E-state index is 0.432. The highest BCUT2D eigenvalue weighted by atomic mass is 16.5. The summed E-state index contributed by atoms with van der Waals surface area (Å²) >= 11 is 0. The number of fused-ring (bicyclic) bond motifs is 3. The van der Waals surface area contributed by atoms with Crippen molar-refractivity contribution in [1.82, 2.24) is 29.6 Å². The van der Waals surface area contributed by atoms with Gasteiger partial charge in [0, 0.05) is 55.0 Å².